The summed E-state index contributed by atoms with van der Waals surface area (Å²) in [5, 5.41) is 5.83. The van der Waals surface area contributed by atoms with Crippen molar-refractivity contribution in [2.45, 2.75) is 25.8 Å². The van der Waals surface area contributed by atoms with Crippen LogP contribution in [0.4, 0.5) is 11.4 Å². The third kappa shape index (κ3) is 3.67. The molecule has 0 spiro atoms. The van der Waals surface area contributed by atoms with Crippen LogP contribution in [0, 0.1) is 12.3 Å². The molecule has 1 heterocycles. The Kier molecular flexibility index (Phi) is 4.89. The highest BCUT2D eigenvalue weighted by molar-refractivity contribution is 5.84. The molecule has 1 unspecified atom stereocenters. The number of terminal acetylenes is 1. The number of nitrogens with one attached hydrogen (secondary N) is 2. The molecule has 0 aromatic heterocycles. The molecule has 1 fully saturated rings. The first-order valence-corrected chi connectivity index (χ1v) is 7.03. The fourth-order valence-corrected chi connectivity index (χ4v) is 2.35. The predicted octanol–water partition coefficient (Wildman–Crippen LogP) is 1.84. The van der Waals surface area contributed by atoms with Crippen LogP contribution in [0.1, 0.15) is 19.8 Å². The second kappa shape index (κ2) is 6.85. The molecule has 1 saturated heterocycles. The van der Waals surface area contributed by atoms with Gasteiger partial charge in [-0.3, -0.25) is 4.79 Å². The summed E-state index contributed by atoms with van der Waals surface area (Å²) < 4.78 is 0. The van der Waals surface area contributed by atoms with Crippen molar-refractivity contribution in [3.8, 4) is 12.3 Å². The quantitative estimate of drug-likeness (QED) is 0.803. The van der Waals surface area contributed by atoms with Crippen molar-refractivity contribution in [3.05, 3.63) is 24.3 Å². The normalized spacial score (nSPS) is 15.5. The average molecular weight is 271 g/mol. The SMILES string of the molecule is C#CCNC(=O)C(C)Nc1ccc(N2CCCC2)cc1. The van der Waals surface area contributed by atoms with E-state index in [0.29, 0.717) is 0 Å². The highest BCUT2D eigenvalue weighted by Crippen LogP contribution is 2.22. The molecule has 1 aliphatic heterocycles. The van der Waals surface area contributed by atoms with E-state index in [-0.39, 0.29) is 18.5 Å². The Labute approximate surface area is 120 Å². The van der Waals surface area contributed by atoms with Gasteiger partial charge in [0.1, 0.15) is 6.04 Å². The van der Waals surface area contributed by atoms with Gasteiger partial charge in [0.25, 0.3) is 0 Å². The molecule has 20 heavy (non-hydrogen) atoms. The van der Waals surface area contributed by atoms with Gasteiger partial charge in [0, 0.05) is 24.5 Å². The van der Waals surface area contributed by atoms with E-state index in [1.165, 1.54) is 18.5 Å². The van der Waals surface area contributed by atoms with Gasteiger partial charge in [-0.1, -0.05) is 5.92 Å². The maximum atomic E-state index is 11.7. The van der Waals surface area contributed by atoms with Gasteiger partial charge in [-0.25, -0.2) is 0 Å². The lowest BCUT2D eigenvalue weighted by atomic mass is 10.2. The van der Waals surface area contributed by atoms with Crippen LogP contribution in [0.15, 0.2) is 24.3 Å². The molecule has 2 N–H and O–H groups in total. The average Bonchev–Trinajstić information content (AvgIpc) is 2.99. The van der Waals surface area contributed by atoms with Crippen LogP contribution in [0.2, 0.25) is 0 Å². The molecule has 106 valence electrons. The molecular formula is C16H21N3O. The number of nitrogens with zero attached hydrogens (tertiary/aromatic N) is 1. The molecule has 0 radical (unpaired) electrons. The minimum Gasteiger partial charge on any atom is -0.374 e. The highest BCUT2D eigenvalue weighted by atomic mass is 16.2. The summed E-state index contributed by atoms with van der Waals surface area (Å²) in [5.41, 5.74) is 2.19. The molecule has 4 nitrogen and oxygen atoms in total. The van der Waals surface area contributed by atoms with Crippen molar-refractivity contribution in [2.75, 3.05) is 29.9 Å². The van der Waals surface area contributed by atoms with Crippen molar-refractivity contribution in [2.24, 2.45) is 0 Å². The molecule has 4 heteroatoms. The Bertz CT molecular complexity index is 483. The first-order valence-electron chi connectivity index (χ1n) is 7.03. The highest BCUT2D eigenvalue weighted by Gasteiger charge is 2.13. The van der Waals surface area contributed by atoms with Crippen LogP contribution in [0.5, 0.6) is 0 Å². The Morgan fingerprint density at radius 2 is 2.00 bits per heavy atom. The van der Waals surface area contributed by atoms with Crippen molar-refractivity contribution in [1.29, 1.82) is 0 Å². The van der Waals surface area contributed by atoms with Crippen molar-refractivity contribution in [3.63, 3.8) is 0 Å². The summed E-state index contributed by atoms with van der Waals surface area (Å²) in [7, 11) is 0. The third-order valence-corrected chi connectivity index (χ3v) is 3.48. The maximum Gasteiger partial charge on any atom is 0.242 e. The van der Waals surface area contributed by atoms with Crippen LogP contribution in [0.25, 0.3) is 0 Å². The second-order valence-electron chi connectivity index (χ2n) is 5.03. The lowest BCUT2D eigenvalue weighted by Gasteiger charge is -2.19. The van der Waals surface area contributed by atoms with Crippen LogP contribution < -0.4 is 15.5 Å². The first kappa shape index (κ1) is 14.3. The van der Waals surface area contributed by atoms with E-state index in [4.69, 9.17) is 6.42 Å². The Morgan fingerprint density at radius 1 is 1.35 bits per heavy atom. The standard InChI is InChI=1S/C16H21N3O/c1-3-10-17-16(20)13(2)18-14-6-8-15(9-7-14)19-11-4-5-12-19/h1,6-9,13,18H,4-5,10-12H2,2H3,(H,17,20). The van der Waals surface area contributed by atoms with Crippen molar-refractivity contribution < 1.29 is 4.79 Å². The number of carbonyl (C=O) groups is 1. The van der Waals surface area contributed by atoms with Crippen molar-refractivity contribution in [1.82, 2.24) is 5.32 Å². The van der Waals surface area contributed by atoms with E-state index in [2.05, 4.69) is 33.6 Å². The summed E-state index contributed by atoms with van der Waals surface area (Å²) in [4.78, 5) is 14.1. The van der Waals surface area contributed by atoms with E-state index >= 15 is 0 Å². The van der Waals surface area contributed by atoms with Crippen LogP contribution in [0.3, 0.4) is 0 Å². The van der Waals surface area contributed by atoms with E-state index in [1.807, 2.05) is 19.1 Å². The zero-order valence-corrected chi connectivity index (χ0v) is 11.9. The Balaban J connectivity index is 1.90. The smallest absolute Gasteiger partial charge is 0.242 e. The summed E-state index contributed by atoms with van der Waals surface area (Å²) >= 11 is 0. The number of hydrogen-bond donors (Lipinski definition) is 2. The molecule has 1 aromatic rings. The van der Waals surface area contributed by atoms with Gasteiger partial charge >= 0.3 is 0 Å². The van der Waals surface area contributed by atoms with Gasteiger partial charge in [0.2, 0.25) is 5.91 Å². The summed E-state index contributed by atoms with van der Waals surface area (Å²) in [6, 6.07) is 7.91. The number of carbonyl (C=O) groups excluding carboxylic acids is 1. The summed E-state index contributed by atoms with van der Waals surface area (Å²) in [6.07, 6.45) is 7.66. The Hall–Kier alpha value is -2.15. The van der Waals surface area contributed by atoms with E-state index < -0.39 is 0 Å². The Morgan fingerprint density at radius 3 is 2.60 bits per heavy atom. The van der Waals surface area contributed by atoms with Gasteiger partial charge < -0.3 is 15.5 Å². The number of amides is 1. The van der Waals surface area contributed by atoms with Crippen LogP contribution in [-0.4, -0.2) is 31.6 Å². The van der Waals surface area contributed by atoms with Gasteiger partial charge in [0.05, 0.1) is 6.54 Å². The van der Waals surface area contributed by atoms with Gasteiger partial charge in [-0.05, 0) is 44.0 Å². The maximum absolute atomic E-state index is 11.7. The van der Waals surface area contributed by atoms with Gasteiger partial charge in [-0.15, -0.1) is 6.42 Å². The zero-order chi connectivity index (χ0) is 14.4. The van der Waals surface area contributed by atoms with Gasteiger partial charge in [-0.2, -0.15) is 0 Å². The zero-order valence-electron chi connectivity index (χ0n) is 11.9. The van der Waals surface area contributed by atoms with E-state index in [9.17, 15) is 4.79 Å². The molecule has 1 amide bonds. The number of benzene rings is 1. The van der Waals surface area contributed by atoms with Crippen LogP contribution >= 0.6 is 0 Å². The fraction of sp³-hybridized carbons (Fsp3) is 0.438. The largest absolute Gasteiger partial charge is 0.374 e. The second-order valence-corrected chi connectivity index (χ2v) is 5.03. The van der Waals surface area contributed by atoms with E-state index in [1.54, 1.807) is 0 Å². The lowest BCUT2D eigenvalue weighted by molar-refractivity contribution is -0.121. The minimum atomic E-state index is -0.305. The number of hydrogen-bond acceptors (Lipinski definition) is 3. The molecule has 0 aliphatic carbocycles. The monoisotopic (exact) mass is 271 g/mol. The van der Waals surface area contributed by atoms with Gasteiger partial charge in [0.15, 0.2) is 0 Å². The number of rotatable bonds is 5. The molecule has 0 bridgehead atoms. The molecule has 1 aliphatic rings. The van der Waals surface area contributed by atoms with E-state index in [0.717, 1.165) is 18.8 Å². The summed E-state index contributed by atoms with van der Waals surface area (Å²) in [5.74, 6) is 2.30. The molecule has 1 aromatic carbocycles. The van der Waals surface area contributed by atoms with Crippen molar-refractivity contribution >= 4 is 17.3 Å². The minimum absolute atomic E-state index is 0.0911. The topological polar surface area (TPSA) is 44.4 Å². The molecule has 0 saturated carbocycles. The third-order valence-electron chi connectivity index (χ3n) is 3.48. The fourth-order valence-electron chi connectivity index (χ4n) is 2.35. The molecular weight excluding hydrogens is 250 g/mol. The lowest BCUT2D eigenvalue weighted by Crippen LogP contribution is -2.37. The van der Waals surface area contributed by atoms with Crippen LogP contribution in [-0.2, 0) is 4.79 Å². The number of anilines is 2. The summed E-state index contributed by atoms with van der Waals surface area (Å²) in [6.45, 7) is 4.36. The predicted molar refractivity (Wildman–Crippen MR) is 82.8 cm³/mol. The molecule has 2 rings (SSSR count). The molecule has 1 atom stereocenters. The first-order chi connectivity index (χ1) is 9.70.